The van der Waals surface area contributed by atoms with Gasteiger partial charge in [-0.3, -0.25) is 4.79 Å². The van der Waals surface area contributed by atoms with Crippen LogP contribution in [0, 0.1) is 5.82 Å². The molecule has 0 saturated carbocycles. The second-order valence-electron chi connectivity index (χ2n) is 4.78. The van der Waals surface area contributed by atoms with Crippen molar-refractivity contribution in [3.63, 3.8) is 0 Å². The quantitative estimate of drug-likeness (QED) is 0.831. The van der Waals surface area contributed by atoms with Gasteiger partial charge in [0.2, 0.25) is 0 Å². The van der Waals surface area contributed by atoms with Crippen molar-refractivity contribution >= 4 is 17.3 Å². The van der Waals surface area contributed by atoms with E-state index < -0.39 is 0 Å². The lowest BCUT2D eigenvalue weighted by Crippen LogP contribution is -2.17. The summed E-state index contributed by atoms with van der Waals surface area (Å²) in [6, 6.07) is 10.6. The summed E-state index contributed by atoms with van der Waals surface area (Å²) in [7, 11) is 1.39. The van der Waals surface area contributed by atoms with Crippen LogP contribution in [0.3, 0.4) is 0 Å². The normalized spacial score (nSPS) is 12.1. The van der Waals surface area contributed by atoms with Crippen LogP contribution in [-0.4, -0.2) is 13.1 Å². The molecule has 2 rings (SSSR count). The van der Waals surface area contributed by atoms with E-state index in [2.05, 4.69) is 10.1 Å². The lowest BCUT2D eigenvalue weighted by Gasteiger charge is -2.13. The van der Waals surface area contributed by atoms with E-state index in [0.717, 1.165) is 15.3 Å². The third-order valence-electron chi connectivity index (χ3n) is 3.22. The van der Waals surface area contributed by atoms with Crippen molar-refractivity contribution in [1.82, 2.24) is 5.32 Å². The zero-order chi connectivity index (χ0) is 15.2. The Morgan fingerprint density at radius 1 is 1.24 bits per heavy atom. The molecule has 1 N–H and O–H groups in total. The van der Waals surface area contributed by atoms with Gasteiger partial charge in [-0.1, -0.05) is 12.1 Å². The Morgan fingerprint density at radius 2 is 1.90 bits per heavy atom. The van der Waals surface area contributed by atoms with Crippen LogP contribution in [0.15, 0.2) is 36.4 Å². The Morgan fingerprint density at radius 3 is 2.57 bits per heavy atom. The van der Waals surface area contributed by atoms with E-state index >= 15 is 0 Å². The van der Waals surface area contributed by atoms with Crippen LogP contribution >= 0.6 is 11.3 Å². The largest absolute Gasteiger partial charge is 0.469 e. The first-order chi connectivity index (χ1) is 10.1. The fraction of sp³-hybridized carbons (Fsp3) is 0.312. The zero-order valence-electron chi connectivity index (χ0n) is 12.1. The summed E-state index contributed by atoms with van der Waals surface area (Å²) in [5, 5.41) is 3.39. The Balaban J connectivity index is 1.88. The van der Waals surface area contributed by atoms with Crippen LogP contribution in [0.2, 0.25) is 0 Å². The molecule has 1 unspecified atom stereocenters. The summed E-state index contributed by atoms with van der Waals surface area (Å²) in [6.45, 7) is 2.75. The van der Waals surface area contributed by atoms with Crippen LogP contribution in [0.4, 0.5) is 4.39 Å². The standard InChI is InChI=1S/C16H18FNO2S/c1-11(12-3-5-13(17)6-4-12)18-10-15-8-7-14(21-15)9-16(19)20-2/h3-8,11,18H,9-10H2,1-2H3. The molecule has 0 saturated heterocycles. The Bertz CT molecular complexity index is 595. The van der Waals surface area contributed by atoms with Gasteiger partial charge in [0.05, 0.1) is 13.5 Å². The van der Waals surface area contributed by atoms with Crippen molar-refractivity contribution < 1.29 is 13.9 Å². The van der Waals surface area contributed by atoms with Gasteiger partial charge in [-0.25, -0.2) is 4.39 Å². The van der Waals surface area contributed by atoms with E-state index in [1.165, 1.54) is 19.2 Å². The minimum Gasteiger partial charge on any atom is -0.469 e. The first-order valence-electron chi connectivity index (χ1n) is 6.71. The van der Waals surface area contributed by atoms with Crippen LogP contribution in [-0.2, 0) is 22.5 Å². The van der Waals surface area contributed by atoms with Crippen molar-refractivity contribution in [2.24, 2.45) is 0 Å². The summed E-state index contributed by atoms with van der Waals surface area (Å²) >= 11 is 1.59. The summed E-state index contributed by atoms with van der Waals surface area (Å²) in [6.07, 6.45) is 0.314. The van der Waals surface area contributed by atoms with E-state index in [9.17, 15) is 9.18 Å². The van der Waals surface area contributed by atoms with Gasteiger partial charge in [0, 0.05) is 22.3 Å². The highest BCUT2D eigenvalue weighted by Gasteiger charge is 2.08. The number of methoxy groups -OCH3 is 1. The lowest BCUT2D eigenvalue weighted by molar-refractivity contribution is -0.139. The van der Waals surface area contributed by atoms with Crippen LogP contribution in [0.25, 0.3) is 0 Å². The van der Waals surface area contributed by atoms with Gasteiger partial charge in [0.1, 0.15) is 5.82 Å². The van der Waals surface area contributed by atoms with E-state index in [1.807, 2.05) is 19.1 Å². The SMILES string of the molecule is COC(=O)Cc1ccc(CNC(C)c2ccc(F)cc2)s1. The molecule has 0 aliphatic heterocycles. The van der Waals surface area contributed by atoms with Crippen LogP contribution < -0.4 is 5.32 Å². The third-order valence-corrected chi connectivity index (χ3v) is 4.30. The van der Waals surface area contributed by atoms with Crippen molar-refractivity contribution in [2.75, 3.05) is 7.11 Å². The average molecular weight is 307 g/mol. The molecule has 1 aromatic heterocycles. The van der Waals surface area contributed by atoms with E-state index in [4.69, 9.17) is 0 Å². The van der Waals surface area contributed by atoms with E-state index in [-0.39, 0.29) is 17.8 Å². The number of nitrogens with one attached hydrogen (secondary N) is 1. The predicted octanol–water partition coefficient (Wildman–Crippen LogP) is 3.45. The number of carbonyl (C=O) groups is 1. The molecule has 0 radical (unpaired) electrons. The monoisotopic (exact) mass is 307 g/mol. The van der Waals surface area contributed by atoms with Gasteiger partial charge in [0.25, 0.3) is 0 Å². The number of ether oxygens (including phenoxy) is 1. The van der Waals surface area contributed by atoms with Gasteiger partial charge < -0.3 is 10.1 Å². The van der Waals surface area contributed by atoms with Crippen molar-refractivity contribution in [1.29, 1.82) is 0 Å². The molecular weight excluding hydrogens is 289 g/mol. The van der Waals surface area contributed by atoms with Gasteiger partial charge >= 0.3 is 5.97 Å². The van der Waals surface area contributed by atoms with Gasteiger partial charge in [0.15, 0.2) is 0 Å². The van der Waals surface area contributed by atoms with E-state index in [1.54, 1.807) is 23.5 Å². The minimum atomic E-state index is -0.226. The predicted molar refractivity (Wildman–Crippen MR) is 81.7 cm³/mol. The number of halogens is 1. The first kappa shape index (κ1) is 15.7. The number of esters is 1. The molecule has 0 fully saturated rings. The van der Waals surface area contributed by atoms with E-state index in [0.29, 0.717) is 13.0 Å². The topological polar surface area (TPSA) is 38.3 Å². The summed E-state index contributed by atoms with van der Waals surface area (Å²) in [5.41, 5.74) is 1.04. The molecular formula is C16H18FNO2S. The molecule has 0 bridgehead atoms. The Kier molecular flexibility index (Phi) is 5.47. The molecule has 1 heterocycles. The van der Waals surface area contributed by atoms with Crippen LogP contribution in [0.5, 0.6) is 0 Å². The van der Waals surface area contributed by atoms with Crippen molar-refractivity contribution in [2.45, 2.75) is 25.9 Å². The highest BCUT2D eigenvalue weighted by Crippen LogP contribution is 2.19. The highest BCUT2D eigenvalue weighted by molar-refractivity contribution is 7.12. The summed E-state index contributed by atoms with van der Waals surface area (Å²) in [5.74, 6) is -0.451. The number of hydrogen-bond donors (Lipinski definition) is 1. The molecule has 112 valence electrons. The maximum Gasteiger partial charge on any atom is 0.310 e. The first-order valence-corrected chi connectivity index (χ1v) is 7.53. The fourth-order valence-electron chi connectivity index (χ4n) is 1.95. The second kappa shape index (κ2) is 7.33. The molecule has 5 heteroatoms. The van der Waals surface area contributed by atoms with Crippen LogP contribution in [0.1, 0.15) is 28.3 Å². The molecule has 3 nitrogen and oxygen atoms in total. The number of benzene rings is 1. The number of hydrogen-bond acceptors (Lipinski definition) is 4. The molecule has 0 amide bonds. The van der Waals surface area contributed by atoms with Gasteiger partial charge in [-0.05, 0) is 36.8 Å². The number of rotatable bonds is 6. The van der Waals surface area contributed by atoms with Gasteiger partial charge in [-0.15, -0.1) is 11.3 Å². The number of thiophene rings is 1. The second-order valence-corrected chi connectivity index (χ2v) is 6.03. The zero-order valence-corrected chi connectivity index (χ0v) is 12.9. The Labute approximate surface area is 127 Å². The highest BCUT2D eigenvalue weighted by atomic mass is 32.1. The van der Waals surface area contributed by atoms with Crippen molar-refractivity contribution in [3.8, 4) is 0 Å². The minimum absolute atomic E-state index is 0.136. The molecule has 0 aliphatic carbocycles. The average Bonchev–Trinajstić information content (AvgIpc) is 2.93. The molecule has 21 heavy (non-hydrogen) atoms. The summed E-state index contributed by atoms with van der Waals surface area (Å²) in [4.78, 5) is 13.4. The maximum absolute atomic E-state index is 12.9. The molecule has 2 aromatic rings. The smallest absolute Gasteiger partial charge is 0.310 e. The number of carbonyl (C=O) groups excluding carboxylic acids is 1. The molecule has 0 spiro atoms. The molecule has 1 aromatic carbocycles. The fourth-order valence-corrected chi connectivity index (χ4v) is 2.90. The van der Waals surface area contributed by atoms with Crippen molar-refractivity contribution in [3.05, 3.63) is 57.5 Å². The summed E-state index contributed by atoms with van der Waals surface area (Å²) < 4.78 is 17.5. The van der Waals surface area contributed by atoms with Gasteiger partial charge in [-0.2, -0.15) is 0 Å². The molecule has 0 aliphatic rings. The Hall–Kier alpha value is -1.72. The maximum atomic E-state index is 12.9. The lowest BCUT2D eigenvalue weighted by atomic mass is 10.1. The third kappa shape index (κ3) is 4.65. The molecule has 1 atom stereocenters.